The molecule has 1 saturated heterocycles. The number of anilines is 1. The van der Waals surface area contributed by atoms with Gasteiger partial charge in [-0.05, 0) is 47.5 Å². The molecule has 0 radical (unpaired) electrons. The Bertz CT molecular complexity index is 905. The van der Waals surface area contributed by atoms with Crippen molar-refractivity contribution < 1.29 is 14.9 Å². The summed E-state index contributed by atoms with van der Waals surface area (Å²) in [5.41, 5.74) is 3.45. The van der Waals surface area contributed by atoms with Crippen molar-refractivity contribution in [2.45, 2.75) is 6.10 Å². The van der Waals surface area contributed by atoms with E-state index in [2.05, 4.69) is 21.9 Å². The van der Waals surface area contributed by atoms with Gasteiger partial charge in [0.05, 0.1) is 0 Å². The number of aliphatic hydroxyl groups is 1. The fourth-order valence-corrected chi connectivity index (χ4v) is 3.77. The number of β-amino-alcohol motifs (C(OH)–C–C–N with tert-alkyl or cyclic N) is 1. The van der Waals surface area contributed by atoms with E-state index in [-0.39, 0.29) is 12.4 Å². The van der Waals surface area contributed by atoms with Crippen molar-refractivity contribution in [1.82, 2.24) is 4.90 Å². The molecule has 2 N–H and O–H groups in total. The maximum atomic E-state index is 10.4. The Morgan fingerprint density at radius 3 is 2.07 bits per heavy atom. The van der Waals surface area contributed by atoms with Crippen molar-refractivity contribution in [2.75, 3.05) is 44.2 Å². The first kappa shape index (κ1) is 20.3. The van der Waals surface area contributed by atoms with E-state index in [1.165, 1.54) is 5.56 Å². The van der Waals surface area contributed by atoms with E-state index in [0.717, 1.165) is 43.2 Å². The lowest BCUT2D eigenvalue weighted by Crippen LogP contribution is -2.49. The Morgan fingerprint density at radius 2 is 1.40 bits per heavy atom. The minimum absolute atomic E-state index is 0.281. The van der Waals surface area contributed by atoms with Gasteiger partial charge in [-0.25, -0.2) is 0 Å². The molecular formula is C25H28N2O3. The zero-order chi connectivity index (χ0) is 20.8. The van der Waals surface area contributed by atoms with Gasteiger partial charge in [0.15, 0.2) is 0 Å². The molecule has 0 aromatic heterocycles. The van der Waals surface area contributed by atoms with Gasteiger partial charge >= 0.3 is 0 Å². The molecule has 0 spiro atoms. The predicted molar refractivity (Wildman–Crippen MR) is 120 cm³/mol. The molecule has 1 unspecified atom stereocenters. The van der Waals surface area contributed by atoms with Gasteiger partial charge in [0.25, 0.3) is 0 Å². The van der Waals surface area contributed by atoms with Crippen LogP contribution in [0, 0.1) is 0 Å². The van der Waals surface area contributed by atoms with Crippen LogP contribution in [0.4, 0.5) is 5.69 Å². The predicted octanol–water partition coefficient (Wildman–Crippen LogP) is 3.62. The van der Waals surface area contributed by atoms with E-state index >= 15 is 0 Å². The molecule has 3 aromatic carbocycles. The number of aliphatic hydroxyl groups excluding tert-OH is 1. The third-order valence-electron chi connectivity index (χ3n) is 5.46. The van der Waals surface area contributed by atoms with Crippen LogP contribution in [0.15, 0.2) is 78.9 Å². The van der Waals surface area contributed by atoms with Gasteiger partial charge in [-0.3, -0.25) is 4.90 Å². The number of hydrogen-bond donors (Lipinski definition) is 2. The smallest absolute Gasteiger partial charge is 0.119 e. The second-order valence-corrected chi connectivity index (χ2v) is 7.66. The summed E-state index contributed by atoms with van der Waals surface area (Å²) in [6.45, 7) is 4.47. The third-order valence-corrected chi connectivity index (χ3v) is 5.46. The first-order chi connectivity index (χ1) is 14.7. The van der Waals surface area contributed by atoms with E-state index in [1.54, 1.807) is 12.1 Å². The van der Waals surface area contributed by atoms with Crippen molar-refractivity contribution in [3.63, 3.8) is 0 Å². The molecule has 156 valence electrons. The molecule has 0 bridgehead atoms. The maximum Gasteiger partial charge on any atom is 0.119 e. The monoisotopic (exact) mass is 404 g/mol. The Kier molecular flexibility index (Phi) is 6.52. The van der Waals surface area contributed by atoms with E-state index in [0.29, 0.717) is 6.54 Å². The fourth-order valence-electron chi connectivity index (χ4n) is 3.77. The second kappa shape index (κ2) is 9.65. The number of ether oxygens (including phenoxy) is 1. The van der Waals surface area contributed by atoms with Crippen LogP contribution in [-0.2, 0) is 0 Å². The second-order valence-electron chi connectivity index (χ2n) is 7.66. The van der Waals surface area contributed by atoms with Crippen molar-refractivity contribution >= 4 is 5.69 Å². The SMILES string of the molecule is Oc1ccc(N2CCN(CC(O)COc3ccc(-c4ccccc4)cc3)CC2)cc1. The molecule has 1 atom stereocenters. The number of piperazine rings is 1. The first-order valence-electron chi connectivity index (χ1n) is 10.4. The number of rotatable bonds is 7. The van der Waals surface area contributed by atoms with Crippen LogP contribution in [-0.4, -0.2) is 60.5 Å². The molecule has 1 heterocycles. The van der Waals surface area contributed by atoms with Gasteiger partial charge in [0.1, 0.15) is 24.2 Å². The molecule has 1 fully saturated rings. The number of phenolic OH excluding ortho intramolecular Hbond substituents is 1. The van der Waals surface area contributed by atoms with Crippen LogP contribution in [0.2, 0.25) is 0 Å². The van der Waals surface area contributed by atoms with Gasteiger partial charge in [-0.2, -0.15) is 0 Å². The lowest BCUT2D eigenvalue weighted by Gasteiger charge is -2.36. The summed E-state index contributed by atoms with van der Waals surface area (Å²) < 4.78 is 5.79. The van der Waals surface area contributed by atoms with E-state index < -0.39 is 6.10 Å². The summed E-state index contributed by atoms with van der Waals surface area (Å²) in [5.74, 6) is 1.06. The van der Waals surface area contributed by atoms with Crippen LogP contribution < -0.4 is 9.64 Å². The van der Waals surface area contributed by atoms with Gasteiger partial charge < -0.3 is 19.8 Å². The largest absolute Gasteiger partial charge is 0.508 e. The summed E-state index contributed by atoms with van der Waals surface area (Å²) in [7, 11) is 0. The van der Waals surface area contributed by atoms with Crippen molar-refractivity contribution in [2.24, 2.45) is 0 Å². The van der Waals surface area contributed by atoms with E-state index in [9.17, 15) is 10.2 Å². The minimum atomic E-state index is -0.529. The van der Waals surface area contributed by atoms with Gasteiger partial charge in [0, 0.05) is 38.4 Å². The maximum absolute atomic E-state index is 10.4. The van der Waals surface area contributed by atoms with Crippen LogP contribution in [0.1, 0.15) is 0 Å². The zero-order valence-electron chi connectivity index (χ0n) is 17.0. The van der Waals surface area contributed by atoms with Crippen molar-refractivity contribution in [3.05, 3.63) is 78.9 Å². The highest BCUT2D eigenvalue weighted by Gasteiger charge is 2.19. The first-order valence-corrected chi connectivity index (χ1v) is 10.4. The number of nitrogens with zero attached hydrogens (tertiary/aromatic N) is 2. The Labute approximate surface area is 177 Å². The quantitative estimate of drug-likeness (QED) is 0.630. The summed E-state index contributed by atoms with van der Waals surface area (Å²) >= 11 is 0. The van der Waals surface area contributed by atoms with Crippen molar-refractivity contribution in [1.29, 1.82) is 0 Å². The Morgan fingerprint density at radius 1 is 0.767 bits per heavy atom. The molecule has 0 amide bonds. The lowest BCUT2D eigenvalue weighted by molar-refractivity contribution is 0.0663. The number of hydrogen-bond acceptors (Lipinski definition) is 5. The van der Waals surface area contributed by atoms with Gasteiger partial charge in [0.2, 0.25) is 0 Å². The molecule has 4 rings (SSSR count). The zero-order valence-corrected chi connectivity index (χ0v) is 17.0. The average molecular weight is 405 g/mol. The van der Waals surface area contributed by atoms with Crippen LogP contribution in [0.5, 0.6) is 11.5 Å². The number of phenols is 1. The molecule has 1 aliphatic rings. The van der Waals surface area contributed by atoms with Crippen molar-refractivity contribution in [3.8, 4) is 22.6 Å². The fraction of sp³-hybridized carbons (Fsp3) is 0.280. The molecule has 30 heavy (non-hydrogen) atoms. The van der Waals surface area contributed by atoms with Crippen LogP contribution >= 0.6 is 0 Å². The Balaban J connectivity index is 1.21. The molecule has 0 aliphatic carbocycles. The van der Waals surface area contributed by atoms with Gasteiger partial charge in [-0.15, -0.1) is 0 Å². The lowest BCUT2D eigenvalue weighted by atomic mass is 10.1. The number of aromatic hydroxyl groups is 1. The molecular weight excluding hydrogens is 376 g/mol. The van der Waals surface area contributed by atoms with E-state index in [1.807, 2.05) is 54.6 Å². The number of benzene rings is 3. The molecule has 3 aromatic rings. The molecule has 5 heteroatoms. The topological polar surface area (TPSA) is 56.2 Å². The minimum Gasteiger partial charge on any atom is -0.508 e. The molecule has 1 aliphatic heterocycles. The van der Waals surface area contributed by atoms with E-state index in [4.69, 9.17) is 4.74 Å². The summed E-state index contributed by atoms with van der Waals surface area (Å²) in [6.07, 6.45) is -0.529. The van der Waals surface area contributed by atoms with Crippen LogP contribution in [0.25, 0.3) is 11.1 Å². The summed E-state index contributed by atoms with van der Waals surface area (Å²) in [5, 5.41) is 19.8. The highest BCUT2D eigenvalue weighted by Crippen LogP contribution is 2.22. The van der Waals surface area contributed by atoms with Gasteiger partial charge in [-0.1, -0.05) is 42.5 Å². The molecule has 0 saturated carbocycles. The highest BCUT2D eigenvalue weighted by molar-refractivity contribution is 5.63. The summed E-state index contributed by atoms with van der Waals surface area (Å²) in [6, 6.07) is 25.5. The third kappa shape index (κ3) is 5.32. The summed E-state index contributed by atoms with van der Waals surface area (Å²) in [4.78, 5) is 4.57. The van der Waals surface area contributed by atoms with Crippen LogP contribution in [0.3, 0.4) is 0 Å². The standard InChI is InChI=1S/C25H28N2O3/c28-23-10-8-22(9-11-23)27-16-14-26(15-17-27)18-24(29)19-30-25-12-6-21(7-13-25)20-4-2-1-3-5-20/h1-13,24,28-29H,14-19H2. The normalized spacial score (nSPS) is 15.7. The Hall–Kier alpha value is -3.02. The molecule has 5 nitrogen and oxygen atoms in total. The average Bonchev–Trinajstić information content (AvgIpc) is 2.80. The highest BCUT2D eigenvalue weighted by atomic mass is 16.5.